The number of aromatic nitrogens is 2. The van der Waals surface area contributed by atoms with Gasteiger partial charge in [-0.1, -0.05) is 44.9 Å². The Morgan fingerprint density at radius 1 is 1.17 bits per heavy atom. The van der Waals surface area contributed by atoms with Gasteiger partial charge in [-0.15, -0.1) is 0 Å². The fourth-order valence-corrected chi connectivity index (χ4v) is 3.74. The predicted octanol–water partition coefficient (Wildman–Crippen LogP) is 3.10. The summed E-state index contributed by atoms with van der Waals surface area (Å²) in [7, 11) is 0. The Morgan fingerprint density at radius 3 is 2.74 bits per heavy atom. The van der Waals surface area contributed by atoms with E-state index in [9.17, 15) is 9.59 Å². The molecule has 2 fully saturated rings. The molecule has 1 aromatic rings. The fourth-order valence-electron chi connectivity index (χ4n) is 3.74. The van der Waals surface area contributed by atoms with Gasteiger partial charge in [-0.2, -0.15) is 0 Å². The van der Waals surface area contributed by atoms with Crippen molar-refractivity contribution in [3.8, 4) is 0 Å². The number of hydrogen-bond donors (Lipinski definition) is 2. The SMILES string of the molecule is O=C(NCCCCC1CCCCC1)[C@H]1C[C@H]1C(=O)c1cnc[nH]1. The second-order valence-electron chi connectivity index (χ2n) is 7.07. The summed E-state index contributed by atoms with van der Waals surface area (Å²) in [6.45, 7) is 0.743. The molecule has 2 N–H and O–H groups in total. The molecule has 23 heavy (non-hydrogen) atoms. The van der Waals surface area contributed by atoms with Crippen LogP contribution in [0.1, 0.15) is 68.3 Å². The van der Waals surface area contributed by atoms with Gasteiger partial charge in [-0.3, -0.25) is 9.59 Å². The van der Waals surface area contributed by atoms with Crippen molar-refractivity contribution < 1.29 is 9.59 Å². The van der Waals surface area contributed by atoms with E-state index in [1.54, 1.807) is 0 Å². The van der Waals surface area contributed by atoms with Crippen LogP contribution in [-0.2, 0) is 4.79 Å². The van der Waals surface area contributed by atoms with Crippen LogP contribution >= 0.6 is 0 Å². The third kappa shape index (κ3) is 4.43. The van der Waals surface area contributed by atoms with Gasteiger partial charge >= 0.3 is 0 Å². The lowest BCUT2D eigenvalue weighted by Gasteiger charge is -2.21. The highest BCUT2D eigenvalue weighted by atomic mass is 16.2. The lowest BCUT2D eigenvalue weighted by molar-refractivity contribution is -0.122. The normalized spacial score (nSPS) is 24.3. The molecule has 2 saturated carbocycles. The largest absolute Gasteiger partial charge is 0.356 e. The molecule has 2 atom stereocenters. The lowest BCUT2D eigenvalue weighted by atomic mass is 9.86. The van der Waals surface area contributed by atoms with E-state index in [1.807, 2.05) is 0 Å². The number of imidazole rings is 1. The van der Waals surface area contributed by atoms with Gasteiger partial charge in [0.1, 0.15) is 5.69 Å². The molecular weight excluding hydrogens is 290 g/mol. The summed E-state index contributed by atoms with van der Waals surface area (Å²) in [5.41, 5.74) is 0.512. The number of H-pyrrole nitrogens is 1. The number of nitrogens with zero attached hydrogens (tertiary/aromatic N) is 1. The quantitative estimate of drug-likeness (QED) is 0.571. The van der Waals surface area contributed by atoms with E-state index < -0.39 is 0 Å². The van der Waals surface area contributed by atoms with E-state index in [-0.39, 0.29) is 23.5 Å². The molecule has 0 unspecified atom stereocenters. The minimum absolute atomic E-state index is 0.0138. The van der Waals surface area contributed by atoms with Crippen molar-refractivity contribution in [2.75, 3.05) is 6.54 Å². The second-order valence-corrected chi connectivity index (χ2v) is 7.07. The zero-order valence-electron chi connectivity index (χ0n) is 13.7. The molecule has 5 nitrogen and oxygen atoms in total. The standard InChI is InChI=1S/C18H27N3O2/c22-17(16-11-19-12-21-16)14-10-15(14)18(23)20-9-5-4-8-13-6-2-1-3-7-13/h11-15H,1-10H2,(H,19,21)(H,20,23)/t14-,15+/m1/s1. The topological polar surface area (TPSA) is 74.8 Å². The maximum absolute atomic E-state index is 12.1. The average Bonchev–Trinajstić information content (AvgIpc) is 3.19. The van der Waals surface area contributed by atoms with Crippen molar-refractivity contribution in [3.05, 3.63) is 18.2 Å². The molecular formula is C18H27N3O2. The summed E-state index contributed by atoms with van der Waals surface area (Å²) >= 11 is 0. The molecule has 126 valence electrons. The maximum atomic E-state index is 12.1. The number of ketones is 1. The Kier molecular flexibility index (Phi) is 5.47. The highest BCUT2D eigenvalue weighted by molar-refractivity contribution is 6.02. The van der Waals surface area contributed by atoms with Crippen LogP contribution in [0.2, 0.25) is 0 Å². The highest BCUT2D eigenvalue weighted by Gasteiger charge is 2.48. The number of carbonyl (C=O) groups excluding carboxylic acids is 2. The second kappa shape index (κ2) is 7.75. The van der Waals surface area contributed by atoms with Crippen molar-refractivity contribution in [3.63, 3.8) is 0 Å². The van der Waals surface area contributed by atoms with Crippen molar-refractivity contribution in [2.45, 2.75) is 57.8 Å². The molecule has 0 spiro atoms. The summed E-state index contributed by atoms with van der Waals surface area (Å²) in [6, 6.07) is 0. The van der Waals surface area contributed by atoms with Gasteiger partial charge in [0.25, 0.3) is 0 Å². The first kappa shape index (κ1) is 16.2. The Bertz CT molecular complexity index is 520. The van der Waals surface area contributed by atoms with Crippen molar-refractivity contribution in [1.82, 2.24) is 15.3 Å². The van der Waals surface area contributed by atoms with Gasteiger partial charge in [-0.05, 0) is 18.8 Å². The van der Waals surface area contributed by atoms with E-state index in [4.69, 9.17) is 0 Å². The van der Waals surface area contributed by atoms with Gasteiger partial charge in [-0.25, -0.2) is 4.98 Å². The van der Waals surface area contributed by atoms with E-state index >= 15 is 0 Å². The van der Waals surface area contributed by atoms with Crippen LogP contribution in [0.15, 0.2) is 12.5 Å². The fraction of sp³-hybridized carbons (Fsp3) is 0.722. The smallest absolute Gasteiger partial charge is 0.223 e. The summed E-state index contributed by atoms with van der Waals surface area (Å²) in [5.74, 6) is 0.682. The molecule has 0 aromatic carbocycles. The first-order valence-electron chi connectivity index (χ1n) is 9.06. The summed E-state index contributed by atoms with van der Waals surface area (Å²) < 4.78 is 0. The number of amides is 1. The van der Waals surface area contributed by atoms with Crippen LogP contribution in [0.3, 0.4) is 0 Å². The Morgan fingerprint density at radius 2 is 2.00 bits per heavy atom. The molecule has 1 amide bonds. The van der Waals surface area contributed by atoms with Crippen LogP contribution in [0.5, 0.6) is 0 Å². The molecule has 0 bridgehead atoms. The van der Waals surface area contributed by atoms with Crippen LogP contribution in [0.25, 0.3) is 0 Å². The van der Waals surface area contributed by atoms with Gasteiger partial charge < -0.3 is 10.3 Å². The van der Waals surface area contributed by atoms with E-state index in [0.29, 0.717) is 12.1 Å². The minimum atomic E-state index is -0.155. The van der Waals surface area contributed by atoms with E-state index in [2.05, 4.69) is 15.3 Å². The summed E-state index contributed by atoms with van der Waals surface area (Å²) in [6.07, 6.45) is 14.2. The first-order chi connectivity index (χ1) is 11.3. The molecule has 3 rings (SSSR count). The van der Waals surface area contributed by atoms with Crippen LogP contribution in [0, 0.1) is 17.8 Å². The Balaban J connectivity index is 1.28. The number of nitrogens with one attached hydrogen (secondary N) is 2. The van der Waals surface area contributed by atoms with Crippen molar-refractivity contribution in [1.29, 1.82) is 0 Å². The first-order valence-corrected chi connectivity index (χ1v) is 9.06. The lowest BCUT2D eigenvalue weighted by Crippen LogP contribution is -2.27. The molecule has 0 saturated heterocycles. The van der Waals surface area contributed by atoms with E-state index in [0.717, 1.165) is 18.9 Å². The van der Waals surface area contributed by atoms with Crippen molar-refractivity contribution in [2.24, 2.45) is 17.8 Å². The van der Waals surface area contributed by atoms with E-state index in [1.165, 1.54) is 57.5 Å². The number of unbranched alkanes of at least 4 members (excludes halogenated alkanes) is 1. The molecule has 5 heteroatoms. The zero-order chi connectivity index (χ0) is 16.1. The summed E-state index contributed by atoms with van der Waals surface area (Å²) in [5, 5.41) is 3.00. The molecule has 2 aliphatic carbocycles. The molecule has 2 aliphatic rings. The molecule has 1 aromatic heterocycles. The number of aromatic amines is 1. The maximum Gasteiger partial charge on any atom is 0.223 e. The monoisotopic (exact) mass is 317 g/mol. The molecule has 0 radical (unpaired) electrons. The molecule has 0 aliphatic heterocycles. The number of carbonyl (C=O) groups is 2. The average molecular weight is 317 g/mol. The minimum Gasteiger partial charge on any atom is -0.356 e. The number of rotatable bonds is 8. The van der Waals surface area contributed by atoms with Gasteiger partial charge in [0.15, 0.2) is 5.78 Å². The van der Waals surface area contributed by atoms with Crippen LogP contribution in [-0.4, -0.2) is 28.2 Å². The highest BCUT2D eigenvalue weighted by Crippen LogP contribution is 2.40. The third-order valence-corrected chi connectivity index (χ3v) is 5.29. The van der Waals surface area contributed by atoms with Gasteiger partial charge in [0, 0.05) is 18.4 Å². The van der Waals surface area contributed by atoms with Crippen LogP contribution in [0.4, 0.5) is 0 Å². The van der Waals surface area contributed by atoms with Crippen molar-refractivity contribution >= 4 is 11.7 Å². The number of Topliss-reactive ketones (excluding diaryl/α,β-unsaturated/α-hetero) is 1. The molecule has 1 heterocycles. The Hall–Kier alpha value is -1.65. The van der Waals surface area contributed by atoms with Crippen LogP contribution < -0.4 is 5.32 Å². The summed E-state index contributed by atoms with van der Waals surface area (Å²) in [4.78, 5) is 30.8. The predicted molar refractivity (Wildman–Crippen MR) is 88.0 cm³/mol. The third-order valence-electron chi connectivity index (χ3n) is 5.29. The van der Waals surface area contributed by atoms with Gasteiger partial charge in [0.05, 0.1) is 12.5 Å². The zero-order valence-corrected chi connectivity index (χ0v) is 13.7. The number of hydrogen-bond acceptors (Lipinski definition) is 3. The Labute approximate surface area is 137 Å². The van der Waals surface area contributed by atoms with Gasteiger partial charge in [0.2, 0.25) is 5.91 Å².